The molecule has 0 saturated heterocycles. The number of fused-ring (bicyclic) bond motifs is 1. The number of hydrogen-bond acceptors (Lipinski definition) is 4. The largest absolute Gasteiger partial charge is 0.497 e. The fourth-order valence-electron chi connectivity index (χ4n) is 3.09. The van der Waals surface area contributed by atoms with Gasteiger partial charge in [-0.3, -0.25) is 0 Å². The predicted molar refractivity (Wildman–Crippen MR) is 114 cm³/mol. The van der Waals surface area contributed by atoms with Crippen molar-refractivity contribution in [1.29, 1.82) is 0 Å². The number of benzene rings is 3. The third-order valence-corrected chi connectivity index (χ3v) is 4.81. The summed E-state index contributed by atoms with van der Waals surface area (Å²) >= 11 is 5.94. The van der Waals surface area contributed by atoms with Gasteiger partial charge in [-0.15, -0.1) is 0 Å². The first-order chi connectivity index (χ1) is 14.2. The third kappa shape index (κ3) is 4.63. The number of hydrogen-bond donors (Lipinski definition) is 0. The summed E-state index contributed by atoms with van der Waals surface area (Å²) in [6.45, 7) is 1.53. The van der Waals surface area contributed by atoms with Gasteiger partial charge in [0.15, 0.2) is 0 Å². The molecule has 0 unspecified atom stereocenters. The van der Waals surface area contributed by atoms with E-state index in [1.54, 1.807) is 7.11 Å². The van der Waals surface area contributed by atoms with E-state index in [4.69, 9.17) is 30.8 Å². The van der Waals surface area contributed by atoms with Crippen molar-refractivity contribution in [2.24, 2.45) is 0 Å². The number of rotatable bonds is 8. The standard InChI is InChI=1S/C23H21ClN2O3/c1-27-18-10-12-19(13-11-18)28-15-14-26-22-5-3-2-4-21(22)25-23(26)16-29-20-8-6-17(24)7-9-20/h2-13H,14-16H2,1H3. The maximum atomic E-state index is 5.94. The van der Waals surface area contributed by atoms with Crippen LogP contribution in [-0.2, 0) is 13.2 Å². The first-order valence-corrected chi connectivity index (χ1v) is 9.70. The molecule has 0 spiro atoms. The fraction of sp³-hybridized carbons (Fsp3) is 0.174. The lowest BCUT2D eigenvalue weighted by Gasteiger charge is -2.12. The van der Waals surface area contributed by atoms with Crippen LogP contribution in [0.25, 0.3) is 11.0 Å². The summed E-state index contributed by atoms with van der Waals surface area (Å²) < 4.78 is 19.1. The van der Waals surface area contributed by atoms with Gasteiger partial charge in [-0.25, -0.2) is 4.98 Å². The molecule has 0 fully saturated rings. The van der Waals surface area contributed by atoms with Crippen molar-refractivity contribution in [2.45, 2.75) is 13.2 Å². The first kappa shape index (κ1) is 19.2. The monoisotopic (exact) mass is 408 g/mol. The molecule has 0 bridgehead atoms. The molecular formula is C23H21ClN2O3. The summed E-state index contributed by atoms with van der Waals surface area (Å²) in [4.78, 5) is 4.73. The van der Waals surface area contributed by atoms with E-state index >= 15 is 0 Å². The zero-order valence-electron chi connectivity index (χ0n) is 16.0. The van der Waals surface area contributed by atoms with Crippen molar-refractivity contribution in [3.8, 4) is 17.2 Å². The van der Waals surface area contributed by atoms with Gasteiger partial charge in [0.2, 0.25) is 0 Å². The van der Waals surface area contributed by atoms with Crippen LogP contribution in [0, 0.1) is 0 Å². The quantitative estimate of drug-likeness (QED) is 0.394. The number of nitrogens with zero attached hydrogens (tertiary/aromatic N) is 2. The predicted octanol–water partition coefficient (Wildman–Crippen LogP) is 5.36. The van der Waals surface area contributed by atoms with Crippen LogP contribution in [0.1, 0.15) is 5.82 Å². The molecule has 0 N–H and O–H groups in total. The Bertz CT molecular complexity index is 1080. The topological polar surface area (TPSA) is 45.5 Å². The molecule has 0 saturated carbocycles. The summed E-state index contributed by atoms with van der Waals surface area (Å²) in [5, 5.41) is 0.681. The van der Waals surface area contributed by atoms with Gasteiger partial charge < -0.3 is 18.8 Å². The number of imidazole rings is 1. The van der Waals surface area contributed by atoms with Crippen LogP contribution in [0.4, 0.5) is 0 Å². The van der Waals surface area contributed by atoms with Crippen LogP contribution < -0.4 is 14.2 Å². The summed E-state index contributed by atoms with van der Waals surface area (Å²) in [7, 11) is 1.65. The number of para-hydroxylation sites is 2. The molecule has 3 aromatic carbocycles. The highest BCUT2D eigenvalue weighted by atomic mass is 35.5. The van der Waals surface area contributed by atoms with Crippen LogP contribution >= 0.6 is 11.6 Å². The summed E-state index contributed by atoms with van der Waals surface area (Å²) in [5.74, 6) is 3.20. The van der Waals surface area contributed by atoms with Gasteiger partial charge in [0.25, 0.3) is 0 Å². The van der Waals surface area contributed by atoms with E-state index in [0.717, 1.165) is 34.1 Å². The number of ether oxygens (including phenoxy) is 3. The van der Waals surface area contributed by atoms with E-state index in [1.807, 2.05) is 66.7 Å². The van der Waals surface area contributed by atoms with Crippen LogP contribution in [0.5, 0.6) is 17.2 Å². The second kappa shape index (κ2) is 8.88. The summed E-state index contributed by atoms with van der Waals surface area (Å²) in [6, 6.07) is 22.9. The van der Waals surface area contributed by atoms with Crippen LogP contribution in [-0.4, -0.2) is 23.3 Å². The number of halogens is 1. The van der Waals surface area contributed by atoms with Gasteiger partial charge in [0.1, 0.15) is 36.3 Å². The van der Waals surface area contributed by atoms with E-state index < -0.39 is 0 Å². The Kier molecular flexibility index (Phi) is 5.86. The van der Waals surface area contributed by atoms with Crippen molar-refractivity contribution in [2.75, 3.05) is 13.7 Å². The molecule has 0 aliphatic carbocycles. The molecule has 0 amide bonds. The highest BCUT2D eigenvalue weighted by Gasteiger charge is 2.11. The SMILES string of the molecule is COc1ccc(OCCn2c(COc3ccc(Cl)cc3)nc3ccccc32)cc1. The molecule has 0 atom stereocenters. The van der Waals surface area contributed by atoms with E-state index in [2.05, 4.69) is 10.6 Å². The number of methoxy groups -OCH3 is 1. The van der Waals surface area contributed by atoms with Gasteiger partial charge in [0, 0.05) is 5.02 Å². The third-order valence-electron chi connectivity index (χ3n) is 4.56. The van der Waals surface area contributed by atoms with E-state index in [0.29, 0.717) is 24.8 Å². The minimum atomic E-state index is 0.360. The van der Waals surface area contributed by atoms with Gasteiger partial charge in [-0.1, -0.05) is 23.7 Å². The smallest absolute Gasteiger partial charge is 0.148 e. The maximum Gasteiger partial charge on any atom is 0.148 e. The van der Waals surface area contributed by atoms with Crippen molar-refractivity contribution in [1.82, 2.24) is 9.55 Å². The minimum absolute atomic E-state index is 0.360. The molecule has 0 aliphatic rings. The molecule has 6 heteroatoms. The second-order valence-corrected chi connectivity index (χ2v) is 6.87. The minimum Gasteiger partial charge on any atom is -0.497 e. The fourth-order valence-corrected chi connectivity index (χ4v) is 3.22. The van der Waals surface area contributed by atoms with Crippen LogP contribution in [0.15, 0.2) is 72.8 Å². The molecule has 29 heavy (non-hydrogen) atoms. The zero-order valence-corrected chi connectivity index (χ0v) is 16.8. The highest BCUT2D eigenvalue weighted by Crippen LogP contribution is 2.21. The Labute approximate surface area is 174 Å². The van der Waals surface area contributed by atoms with Crippen molar-refractivity contribution in [3.63, 3.8) is 0 Å². The van der Waals surface area contributed by atoms with E-state index in [-0.39, 0.29) is 0 Å². The van der Waals surface area contributed by atoms with Gasteiger partial charge in [-0.05, 0) is 60.7 Å². The Morgan fingerprint density at radius 3 is 2.24 bits per heavy atom. The Morgan fingerprint density at radius 2 is 1.48 bits per heavy atom. The normalized spacial score (nSPS) is 10.8. The van der Waals surface area contributed by atoms with Gasteiger partial charge in [-0.2, -0.15) is 0 Å². The average molecular weight is 409 g/mol. The first-order valence-electron chi connectivity index (χ1n) is 9.32. The number of aromatic nitrogens is 2. The van der Waals surface area contributed by atoms with Crippen LogP contribution in [0.2, 0.25) is 5.02 Å². The molecule has 4 aromatic rings. The maximum absolute atomic E-state index is 5.94. The average Bonchev–Trinajstić information content (AvgIpc) is 3.11. The molecule has 148 valence electrons. The Morgan fingerprint density at radius 1 is 0.828 bits per heavy atom. The molecule has 0 radical (unpaired) electrons. The summed E-state index contributed by atoms with van der Waals surface area (Å²) in [5.41, 5.74) is 1.99. The van der Waals surface area contributed by atoms with Crippen LogP contribution in [0.3, 0.4) is 0 Å². The lowest BCUT2D eigenvalue weighted by atomic mass is 10.3. The Hall–Kier alpha value is -3.18. The van der Waals surface area contributed by atoms with Crippen molar-refractivity contribution >= 4 is 22.6 Å². The highest BCUT2D eigenvalue weighted by molar-refractivity contribution is 6.30. The lowest BCUT2D eigenvalue weighted by molar-refractivity contribution is 0.272. The zero-order chi connectivity index (χ0) is 20.1. The van der Waals surface area contributed by atoms with E-state index in [1.165, 1.54) is 0 Å². The molecular weight excluding hydrogens is 388 g/mol. The second-order valence-electron chi connectivity index (χ2n) is 6.43. The van der Waals surface area contributed by atoms with Crippen molar-refractivity contribution in [3.05, 3.63) is 83.6 Å². The molecule has 4 rings (SSSR count). The van der Waals surface area contributed by atoms with Gasteiger partial charge in [0.05, 0.1) is 24.7 Å². The van der Waals surface area contributed by atoms with Crippen molar-refractivity contribution < 1.29 is 14.2 Å². The molecule has 1 aromatic heterocycles. The molecule has 0 aliphatic heterocycles. The summed E-state index contributed by atoms with van der Waals surface area (Å²) in [6.07, 6.45) is 0. The van der Waals surface area contributed by atoms with E-state index in [9.17, 15) is 0 Å². The van der Waals surface area contributed by atoms with Gasteiger partial charge >= 0.3 is 0 Å². The molecule has 5 nitrogen and oxygen atoms in total. The Balaban J connectivity index is 1.47. The lowest BCUT2D eigenvalue weighted by Crippen LogP contribution is -2.13. The molecule has 1 heterocycles.